The second-order valence-corrected chi connectivity index (χ2v) is 7.23. The lowest BCUT2D eigenvalue weighted by Crippen LogP contribution is -2.20. The van der Waals surface area contributed by atoms with Gasteiger partial charge in [-0.1, -0.05) is 89.6 Å². The molecule has 0 aliphatic heterocycles. The molecule has 142 valence electrons. The number of hydrogen-bond acceptors (Lipinski definition) is 1. The van der Waals surface area contributed by atoms with Crippen LogP contribution in [-0.4, -0.2) is 6.54 Å². The molecule has 0 saturated heterocycles. The highest BCUT2D eigenvalue weighted by atomic mass is 15.1. The molecular formula is C25H37N. The first-order chi connectivity index (χ1) is 12.8. The minimum absolute atomic E-state index is 1.10. The van der Waals surface area contributed by atoms with Crippen LogP contribution in [0.1, 0.15) is 76.8 Å². The van der Waals surface area contributed by atoms with Crippen molar-refractivity contribution >= 4 is 11.4 Å². The predicted octanol–water partition coefficient (Wildman–Crippen LogP) is 7.70. The van der Waals surface area contributed by atoms with Gasteiger partial charge in [0, 0.05) is 17.9 Å². The van der Waals surface area contributed by atoms with Gasteiger partial charge >= 0.3 is 0 Å². The highest BCUT2D eigenvalue weighted by Gasteiger charge is 2.14. The largest absolute Gasteiger partial charge is 0.341 e. The summed E-state index contributed by atoms with van der Waals surface area (Å²) in [4.78, 5) is 2.55. The van der Waals surface area contributed by atoms with Crippen LogP contribution in [0.5, 0.6) is 0 Å². The second kappa shape index (κ2) is 11.8. The summed E-state index contributed by atoms with van der Waals surface area (Å²) in [7, 11) is 0. The Morgan fingerprint density at radius 1 is 0.654 bits per heavy atom. The SMILES string of the molecule is CCCCCCCCCN(c1ccccc1)c1cccc(CC)c1CC. The number of unbranched alkanes of at least 4 members (excludes halogenated alkanes) is 6. The summed E-state index contributed by atoms with van der Waals surface area (Å²) in [6.45, 7) is 7.95. The van der Waals surface area contributed by atoms with E-state index in [0.29, 0.717) is 0 Å². The predicted molar refractivity (Wildman–Crippen MR) is 117 cm³/mol. The smallest absolute Gasteiger partial charge is 0.0445 e. The van der Waals surface area contributed by atoms with Gasteiger partial charge < -0.3 is 4.90 Å². The van der Waals surface area contributed by atoms with Crippen LogP contribution in [0.4, 0.5) is 11.4 Å². The Balaban J connectivity index is 2.11. The lowest BCUT2D eigenvalue weighted by Gasteiger charge is -2.28. The molecule has 0 saturated carbocycles. The Kier molecular flexibility index (Phi) is 9.31. The summed E-state index contributed by atoms with van der Waals surface area (Å²) < 4.78 is 0. The monoisotopic (exact) mass is 351 g/mol. The first-order valence-electron chi connectivity index (χ1n) is 10.7. The zero-order chi connectivity index (χ0) is 18.6. The summed E-state index contributed by atoms with van der Waals surface area (Å²) in [6.07, 6.45) is 11.7. The van der Waals surface area contributed by atoms with Crippen molar-refractivity contribution in [3.05, 3.63) is 59.7 Å². The summed E-state index contributed by atoms with van der Waals surface area (Å²) >= 11 is 0. The van der Waals surface area contributed by atoms with Gasteiger partial charge in [0.05, 0.1) is 0 Å². The van der Waals surface area contributed by atoms with E-state index >= 15 is 0 Å². The van der Waals surface area contributed by atoms with Gasteiger partial charge in [0.2, 0.25) is 0 Å². The van der Waals surface area contributed by atoms with Crippen molar-refractivity contribution in [2.24, 2.45) is 0 Å². The van der Waals surface area contributed by atoms with Crippen molar-refractivity contribution in [3.8, 4) is 0 Å². The van der Waals surface area contributed by atoms with E-state index in [4.69, 9.17) is 0 Å². The van der Waals surface area contributed by atoms with Crippen molar-refractivity contribution in [3.63, 3.8) is 0 Å². The fraction of sp³-hybridized carbons (Fsp3) is 0.520. The fourth-order valence-electron chi connectivity index (χ4n) is 3.84. The first-order valence-corrected chi connectivity index (χ1v) is 10.7. The third-order valence-electron chi connectivity index (χ3n) is 5.33. The molecule has 0 N–H and O–H groups in total. The standard InChI is InChI=1S/C25H37N/c1-4-7-8-9-10-11-15-21-26(23-18-13-12-14-19-23)25-20-16-17-22(5-2)24(25)6-3/h12-14,16-20H,4-11,15,21H2,1-3H3. The average Bonchev–Trinajstić information content (AvgIpc) is 2.70. The molecule has 1 heteroatoms. The highest BCUT2D eigenvalue weighted by Crippen LogP contribution is 2.31. The third kappa shape index (κ3) is 5.90. The van der Waals surface area contributed by atoms with Crippen LogP contribution in [0, 0.1) is 0 Å². The van der Waals surface area contributed by atoms with Crippen molar-refractivity contribution in [1.82, 2.24) is 0 Å². The topological polar surface area (TPSA) is 3.24 Å². The van der Waals surface area contributed by atoms with E-state index in [9.17, 15) is 0 Å². The summed E-state index contributed by atoms with van der Waals surface area (Å²) in [6, 6.07) is 17.8. The van der Waals surface area contributed by atoms with Gasteiger partial charge in [-0.15, -0.1) is 0 Å². The van der Waals surface area contributed by atoms with Gasteiger partial charge in [-0.25, -0.2) is 0 Å². The minimum atomic E-state index is 1.10. The molecule has 2 aromatic rings. The van der Waals surface area contributed by atoms with Crippen LogP contribution in [0.2, 0.25) is 0 Å². The van der Waals surface area contributed by atoms with E-state index in [0.717, 1.165) is 19.4 Å². The van der Waals surface area contributed by atoms with E-state index in [-0.39, 0.29) is 0 Å². The minimum Gasteiger partial charge on any atom is -0.341 e. The summed E-state index contributed by atoms with van der Waals surface area (Å²) in [5, 5.41) is 0. The molecule has 1 nitrogen and oxygen atoms in total. The highest BCUT2D eigenvalue weighted by molar-refractivity contribution is 5.67. The second-order valence-electron chi connectivity index (χ2n) is 7.23. The van der Waals surface area contributed by atoms with Gasteiger partial charge in [-0.05, 0) is 48.6 Å². The molecule has 0 bridgehead atoms. The number of anilines is 2. The molecule has 26 heavy (non-hydrogen) atoms. The number of hydrogen-bond donors (Lipinski definition) is 0. The van der Waals surface area contributed by atoms with Crippen LogP contribution < -0.4 is 4.90 Å². The van der Waals surface area contributed by atoms with Gasteiger partial charge in [-0.3, -0.25) is 0 Å². The molecule has 0 aromatic heterocycles. The van der Waals surface area contributed by atoms with E-state index in [2.05, 4.69) is 74.2 Å². The molecule has 0 amide bonds. The molecule has 0 atom stereocenters. The molecule has 0 heterocycles. The Hall–Kier alpha value is -1.76. The zero-order valence-electron chi connectivity index (χ0n) is 17.1. The molecule has 0 radical (unpaired) electrons. The maximum atomic E-state index is 2.55. The Bertz CT molecular complexity index is 617. The van der Waals surface area contributed by atoms with Crippen LogP contribution >= 0.6 is 0 Å². The molecule has 0 aliphatic rings. The lowest BCUT2D eigenvalue weighted by molar-refractivity contribution is 0.591. The number of aryl methyl sites for hydroxylation is 1. The number of rotatable bonds is 12. The van der Waals surface area contributed by atoms with Crippen LogP contribution in [0.15, 0.2) is 48.5 Å². The van der Waals surface area contributed by atoms with Crippen LogP contribution in [-0.2, 0) is 12.8 Å². The Morgan fingerprint density at radius 2 is 1.35 bits per heavy atom. The van der Waals surface area contributed by atoms with Crippen LogP contribution in [0.3, 0.4) is 0 Å². The maximum absolute atomic E-state index is 2.55. The number of benzene rings is 2. The third-order valence-corrected chi connectivity index (χ3v) is 5.33. The molecule has 2 aromatic carbocycles. The maximum Gasteiger partial charge on any atom is 0.0445 e. The Labute approximate surface area is 161 Å². The van der Waals surface area contributed by atoms with E-state index < -0.39 is 0 Å². The first kappa shape index (κ1) is 20.6. The van der Waals surface area contributed by atoms with Crippen molar-refractivity contribution < 1.29 is 0 Å². The number of nitrogens with zero attached hydrogens (tertiary/aromatic N) is 1. The molecular weight excluding hydrogens is 314 g/mol. The molecule has 0 spiro atoms. The normalized spacial score (nSPS) is 10.9. The van der Waals surface area contributed by atoms with Crippen LogP contribution in [0.25, 0.3) is 0 Å². The van der Waals surface area contributed by atoms with Crippen molar-refractivity contribution in [2.75, 3.05) is 11.4 Å². The van der Waals surface area contributed by atoms with E-state index in [1.54, 1.807) is 0 Å². The molecule has 2 rings (SSSR count). The van der Waals surface area contributed by atoms with Gasteiger partial charge in [0.25, 0.3) is 0 Å². The van der Waals surface area contributed by atoms with Gasteiger partial charge in [-0.2, -0.15) is 0 Å². The number of para-hydroxylation sites is 1. The Morgan fingerprint density at radius 3 is 2.00 bits per heavy atom. The van der Waals surface area contributed by atoms with Gasteiger partial charge in [0.15, 0.2) is 0 Å². The molecule has 0 aliphatic carbocycles. The van der Waals surface area contributed by atoms with Gasteiger partial charge in [0.1, 0.15) is 0 Å². The molecule has 0 fully saturated rings. The molecule has 0 unspecified atom stereocenters. The van der Waals surface area contributed by atoms with Crippen molar-refractivity contribution in [2.45, 2.75) is 78.6 Å². The summed E-state index contributed by atoms with van der Waals surface area (Å²) in [5.41, 5.74) is 5.73. The van der Waals surface area contributed by atoms with E-state index in [1.165, 1.54) is 67.4 Å². The fourth-order valence-corrected chi connectivity index (χ4v) is 3.84. The zero-order valence-corrected chi connectivity index (χ0v) is 17.1. The average molecular weight is 352 g/mol. The summed E-state index contributed by atoms with van der Waals surface area (Å²) in [5.74, 6) is 0. The quantitative estimate of drug-likeness (QED) is 0.354. The van der Waals surface area contributed by atoms with E-state index in [1.807, 2.05) is 0 Å². The van der Waals surface area contributed by atoms with Crippen molar-refractivity contribution in [1.29, 1.82) is 0 Å². The lowest BCUT2D eigenvalue weighted by atomic mass is 9.99.